The molecule has 0 radical (unpaired) electrons. The lowest BCUT2D eigenvalue weighted by molar-refractivity contribution is -0.0500. The van der Waals surface area contributed by atoms with Gasteiger partial charge in [0.25, 0.3) is 10.0 Å². The van der Waals surface area contributed by atoms with E-state index in [4.69, 9.17) is 21.1 Å². The molecule has 21 heteroatoms. The number of alkyl halides is 2. The molecular formula is C39H45ClF4N6O9S. The van der Waals surface area contributed by atoms with Crippen LogP contribution in [0, 0.1) is 11.6 Å². The maximum absolute atomic E-state index is 16.4. The number of benzene rings is 2. The summed E-state index contributed by atoms with van der Waals surface area (Å²) in [6.45, 7) is 9.98. The number of pyridine rings is 1. The molecule has 326 valence electrons. The summed E-state index contributed by atoms with van der Waals surface area (Å²) < 4.78 is 103. The zero-order valence-corrected chi connectivity index (χ0v) is 35.5. The Kier molecular flexibility index (Phi) is 13.2. The van der Waals surface area contributed by atoms with Crippen molar-refractivity contribution in [2.75, 3.05) is 9.62 Å². The van der Waals surface area contributed by atoms with Gasteiger partial charge in [-0.05, 0) is 111 Å². The van der Waals surface area contributed by atoms with Crippen LogP contribution >= 0.6 is 11.6 Å². The number of sulfonamides is 1. The van der Waals surface area contributed by atoms with Gasteiger partial charge in [-0.25, -0.2) is 36.6 Å². The third-order valence-electron chi connectivity index (χ3n) is 9.06. The van der Waals surface area contributed by atoms with E-state index in [0.717, 1.165) is 12.1 Å². The molecule has 1 saturated carbocycles. The molecule has 2 aromatic carbocycles. The molecule has 0 saturated heterocycles. The van der Waals surface area contributed by atoms with Crippen LogP contribution in [0.25, 0.3) is 22.2 Å². The number of carboxylic acid groups (broad SMARTS) is 1. The number of ether oxygens (including phenoxy) is 3. The van der Waals surface area contributed by atoms with Gasteiger partial charge in [-0.15, -0.1) is 0 Å². The predicted molar refractivity (Wildman–Crippen MR) is 213 cm³/mol. The van der Waals surface area contributed by atoms with Crippen molar-refractivity contribution in [1.29, 1.82) is 0 Å². The van der Waals surface area contributed by atoms with E-state index in [1.165, 1.54) is 31.6 Å². The van der Waals surface area contributed by atoms with Crippen LogP contribution in [-0.2, 0) is 19.5 Å². The first-order valence-corrected chi connectivity index (χ1v) is 20.6. The number of imide groups is 1. The van der Waals surface area contributed by atoms with Gasteiger partial charge in [0.15, 0.2) is 5.82 Å². The molecule has 3 N–H and O–H groups in total. The second-order valence-electron chi connectivity index (χ2n) is 16.3. The molecule has 60 heavy (non-hydrogen) atoms. The number of hydrogen-bond donors (Lipinski definition) is 3. The molecule has 0 atom stereocenters. The fourth-order valence-corrected chi connectivity index (χ4v) is 8.24. The van der Waals surface area contributed by atoms with Gasteiger partial charge in [-0.3, -0.25) is 9.40 Å². The van der Waals surface area contributed by atoms with Gasteiger partial charge in [0, 0.05) is 36.0 Å². The molecule has 1 aliphatic carbocycles. The van der Waals surface area contributed by atoms with Crippen molar-refractivity contribution >= 4 is 62.3 Å². The largest absolute Gasteiger partial charge is 0.464 e. The van der Waals surface area contributed by atoms with Crippen molar-refractivity contribution in [3.8, 4) is 17.0 Å². The number of carbonyl (C=O) groups is 3. The lowest BCUT2D eigenvalue weighted by Crippen LogP contribution is -2.41. The quantitative estimate of drug-likeness (QED) is 0.128. The van der Waals surface area contributed by atoms with Gasteiger partial charge >= 0.3 is 24.9 Å². The van der Waals surface area contributed by atoms with E-state index in [2.05, 4.69) is 20.1 Å². The number of aromatic nitrogens is 3. The molecule has 0 unspecified atom stereocenters. The molecule has 2 aromatic heterocycles. The van der Waals surface area contributed by atoms with Gasteiger partial charge in [-0.1, -0.05) is 11.6 Å². The molecule has 1 aliphatic rings. The van der Waals surface area contributed by atoms with Crippen LogP contribution in [0.1, 0.15) is 98.6 Å². The molecule has 15 nitrogen and oxygen atoms in total. The molecule has 2 heterocycles. The Morgan fingerprint density at radius 1 is 0.967 bits per heavy atom. The van der Waals surface area contributed by atoms with Crippen LogP contribution in [-0.4, -0.2) is 70.4 Å². The number of anilines is 2. The molecule has 3 amide bonds. The summed E-state index contributed by atoms with van der Waals surface area (Å²) >= 11 is 6.03. The number of nitrogens with zero attached hydrogens (tertiary/aromatic N) is 4. The maximum atomic E-state index is 16.4. The zero-order valence-electron chi connectivity index (χ0n) is 33.9. The number of carbonyl (C=O) groups excluding carboxylic acids is 2. The van der Waals surface area contributed by atoms with Gasteiger partial charge in [0.05, 0.1) is 21.6 Å². The van der Waals surface area contributed by atoms with E-state index >= 15 is 8.78 Å². The monoisotopic (exact) mass is 884 g/mol. The van der Waals surface area contributed by atoms with Gasteiger partial charge in [0.1, 0.15) is 39.2 Å². The molecule has 4 aromatic rings. The van der Waals surface area contributed by atoms with E-state index < -0.39 is 96.5 Å². The van der Waals surface area contributed by atoms with Crippen molar-refractivity contribution in [2.45, 2.75) is 122 Å². The van der Waals surface area contributed by atoms with Crippen molar-refractivity contribution in [1.82, 2.24) is 20.1 Å². The lowest BCUT2D eigenvalue weighted by atomic mass is 9.81. The molecule has 0 spiro atoms. The van der Waals surface area contributed by atoms with Crippen molar-refractivity contribution in [3.05, 3.63) is 58.7 Å². The number of amides is 3. The highest BCUT2D eigenvalue weighted by Gasteiger charge is 2.37. The Morgan fingerprint density at radius 3 is 2.17 bits per heavy atom. The smallest absolute Gasteiger partial charge is 0.425 e. The minimum absolute atomic E-state index is 0.155. The van der Waals surface area contributed by atoms with Crippen molar-refractivity contribution in [3.63, 3.8) is 0 Å². The first kappa shape index (κ1) is 45.7. The minimum Gasteiger partial charge on any atom is -0.464 e. The summed E-state index contributed by atoms with van der Waals surface area (Å²) in [6.07, 6.45) is -0.278. The van der Waals surface area contributed by atoms with E-state index in [9.17, 15) is 36.7 Å². The summed E-state index contributed by atoms with van der Waals surface area (Å²) in [5, 5.41) is 17.3. The summed E-state index contributed by atoms with van der Waals surface area (Å²) in [5.74, 6) is -3.93. The number of halogens is 5. The second kappa shape index (κ2) is 17.3. The average molecular weight is 885 g/mol. The Bertz CT molecular complexity index is 2410. The van der Waals surface area contributed by atoms with Gasteiger partial charge in [-0.2, -0.15) is 18.8 Å². The van der Waals surface area contributed by atoms with Crippen LogP contribution in [0.5, 0.6) is 5.75 Å². The highest BCUT2D eigenvalue weighted by Crippen LogP contribution is 2.44. The van der Waals surface area contributed by atoms with E-state index in [0.29, 0.717) is 49.4 Å². The molecule has 0 aliphatic heterocycles. The van der Waals surface area contributed by atoms with Crippen LogP contribution in [0.3, 0.4) is 0 Å². The Labute approximate surface area is 348 Å². The molecular weight excluding hydrogens is 840 g/mol. The molecule has 0 bridgehead atoms. The third kappa shape index (κ3) is 10.5. The fraction of sp³-hybridized carbons (Fsp3) is 0.462. The summed E-state index contributed by atoms with van der Waals surface area (Å²) in [5.41, 5.74) is -2.88. The van der Waals surface area contributed by atoms with Gasteiger partial charge < -0.3 is 24.6 Å². The standard InChI is InChI=1S/C39H45ClF4N6O9S/c1-19(2)50-32-24(20-9-11-21(12-10-20)46-35(51)58-38(3,4)5)18-45-33(49(36(52)53)37(54)59-39(6,7)8)30(32)31(47-50)23-16-27(42)28(17-26(23)41)48-60(55,56)29-15-22(57-34(43)44)13-14-25(29)40/h13-21,34,48H,9-12H2,1-8H3,(H,46,51)(H,52,53). The second-order valence-corrected chi connectivity index (χ2v) is 18.4. The number of hydrogen-bond acceptors (Lipinski definition) is 10. The van der Waals surface area contributed by atoms with Crippen LogP contribution < -0.4 is 19.7 Å². The Hall–Kier alpha value is -5.37. The Morgan fingerprint density at radius 2 is 1.60 bits per heavy atom. The highest BCUT2D eigenvalue weighted by atomic mass is 35.5. The summed E-state index contributed by atoms with van der Waals surface area (Å²) in [4.78, 5) is 42.7. The van der Waals surface area contributed by atoms with Crippen molar-refractivity contribution in [2.24, 2.45) is 0 Å². The maximum Gasteiger partial charge on any atom is 0.425 e. The first-order chi connectivity index (χ1) is 27.8. The minimum atomic E-state index is -4.85. The normalized spacial score (nSPS) is 16.2. The Balaban J connectivity index is 1.65. The number of alkyl carbamates (subject to hydrolysis) is 1. The number of rotatable bonds is 10. The third-order valence-corrected chi connectivity index (χ3v) is 10.9. The highest BCUT2D eigenvalue weighted by molar-refractivity contribution is 7.92. The van der Waals surface area contributed by atoms with Crippen LogP contribution in [0.4, 0.5) is 43.5 Å². The van der Waals surface area contributed by atoms with Crippen molar-refractivity contribution < 1.29 is 59.7 Å². The summed E-state index contributed by atoms with van der Waals surface area (Å²) in [7, 11) is -4.85. The predicted octanol–water partition coefficient (Wildman–Crippen LogP) is 9.98. The lowest BCUT2D eigenvalue weighted by Gasteiger charge is -2.31. The summed E-state index contributed by atoms with van der Waals surface area (Å²) in [6, 6.07) is 3.05. The SMILES string of the molecule is CC(C)n1nc(-c2cc(F)c(NS(=O)(=O)c3cc(OC(F)F)ccc3Cl)cc2F)c2c(N(C(=O)O)C(=O)OC(C)(C)C)ncc(C3CCC(NC(=O)OC(C)(C)C)CC3)c21. The first-order valence-electron chi connectivity index (χ1n) is 18.7. The fourth-order valence-electron chi connectivity index (χ4n) is 6.67. The average Bonchev–Trinajstić information content (AvgIpc) is 3.50. The van der Waals surface area contributed by atoms with Gasteiger partial charge in [0.2, 0.25) is 0 Å². The van der Waals surface area contributed by atoms with E-state index in [1.807, 2.05) is 4.72 Å². The number of fused-ring (bicyclic) bond motifs is 1. The van der Waals surface area contributed by atoms with E-state index in [1.54, 1.807) is 34.6 Å². The van der Waals surface area contributed by atoms with Crippen LogP contribution in [0.2, 0.25) is 5.02 Å². The molecule has 5 rings (SSSR count). The number of nitrogens with one attached hydrogen (secondary N) is 2. The zero-order chi connectivity index (χ0) is 44.6. The van der Waals surface area contributed by atoms with Crippen LogP contribution in [0.15, 0.2) is 41.4 Å². The molecule has 1 fully saturated rings. The topological polar surface area (TPSA) is 191 Å². The van der Waals surface area contributed by atoms with E-state index in [-0.39, 0.29) is 33.5 Å².